The lowest BCUT2D eigenvalue weighted by Gasteiger charge is -2.79. The second kappa shape index (κ2) is 7.05. The molecule has 2 N–H and O–H groups in total. The molecule has 3 nitrogen and oxygen atoms in total. The monoisotopic (exact) mass is 383 g/mol. The van der Waals surface area contributed by atoms with Crippen molar-refractivity contribution in [2.24, 2.45) is 0 Å². The predicted molar refractivity (Wildman–Crippen MR) is 153 cm³/mol. The van der Waals surface area contributed by atoms with Crippen LogP contribution >= 0.6 is 0 Å². The molecule has 1 aromatic carbocycles. The molecule has 1 aliphatic carbocycles. The van der Waals surface area contributed by atoms with Gasteiger partial charge in [-0.15, -0.1) is 5.21 Å². The summed E-state index contributed by atoms with van der Waals surface area (Å²) in [4.78, 5) is 2.17. The molecule has 0 amide bonds. The number of nitrogens with zero attached hydrogens (tertiary/aromatic N) is 1. The Hall–Kier alpha value is -0.411. The molecule has 0 radical (unpaired) electrons. The number of hydrogen-bond acceptors (Lipinski definition) is 3. The minimum absolute atomic E-state index is 0.00312. The summed E-state index contributed by atoms with van der Waals surface area (Å²) in [6, 6.07) is 7.44. The number of phenolic OH excluding ortho intramolecular Hbond substituents is 1. The van der Waals surface area contributed by atoms with Crippen LogP contribution in [0.3, 0.4) is 0 Å². The lowest BCUT2D eigenvalue weighted by molar-refractivity contribution is -0.0632. The Bertz CT molecular complexity index is 733. The Kier molecular flexibility index (Phi) is 6.04. The molecule has 0 saturated heterocycles. The minimum atomic E-state index is -0.982. The van der Waals surface area contributed by atoms with Crippen LogP contribution in [0.2, 0.25) is 26.1 Å². The van der Waals surface area contributed by atoms with Gasteiger partial charge in [-0.05, 0) is 31.8 Å². The third kappa shape index (κ3) is 3.00. The molecule has 1 saturated carbocycles. The Morgan fingerprint density at radius 2 is 1.07 bits per heavy atom. The highest BCUT2D eigenvalue weighted by atomic mass is 16.3. The Morgan fingerprint density at radius 3 is 1.41 bits per heavy atom. The molecule has 0 spiro atoms. The highest BCUT2D eigenvalue weighted by Gasteiger charge is 2.74. The quantitative estimate of drug-likeness (QED) is 0.510. The Morgan fingerprint density at radius 1 is 0.724 bits per heavy atom. The fraction of sp³-hybridized carbons (Fsp3) is 0.625. The Labute approximate surface area is 187 Å². The average Bonchev–Trinajstić information content (AvgIpc) is 2.57. The number of hydrogen-bond donors (Lipinski definition) is 2. The largest absolute Gasteiger partial charge is 0.508 e. The third-order valence-corrected chi connectivity index (χ3v) is 10.5. The predicted octanol–water partition coefficient (Wildman–Crippen LogP) is -7.31. The molecule has 2 rings (SSSR count). The van der Waals surface area contributed by atoms with Gasteiger partial charge >= 0.3 is 0 Å². The highest BCUT2D eigenvalue weighted by Crippen LogP contribution is 2.83. The summed E-state index contributed by atoms with van der Waals surface area (Å²) < 4.78 is 0. The van der Waals surface area contributed by atoms with E-state index >= 15 is 0 Å². The molecule has 1 aromatic rings. The second-order valence-corrected chi connectivity index (χ2v) is 12.3. The first kappa shape index (κ1) is 24.9. The molecule has 13 heteroatoms. The van der Waals surface area contributed by atoms with Crippen molar-refractivity contribution in [1.82, 2.24) is 4.90 Å². The summed E-state index contributed by atoms with van der Waals surface area (Å²) in [5.74, 6) is 0.158. The summed E-state index contributed by atoms with van der Waals surface area (Å²) in [6.45, 7) is 0.737. The van der Waals surface area contributed by atoms with Gasteiger partial charge in [0.2, 0.25) is 0 Å². The fourth-order valence-corrected chi connectivity index (χ4v) is 6.50. The molecule has 1 unspecified atom stereocenters. The number of phenols is 1. The number of aromatic hydroxyl groups is 1. The van der Waals surface area contributed by atoms with E-state index in [9.17, 15) is 10.2 Å². The van der Waals surface area contributed by atoms with E-state index in [1.165, 1.54) is 0 Å². The molecular formula is C16H35B10NO2. The van der Waals surface area contributed by atoms with Crippen molar-refractivity contribution >= 4 is 78.5 Å². The third-order valence-electron chi connectivity index (χ3n) is 10.5. The molecular weight excluding hydrogens is 346 g/mol. The molecule has 0 aliphatic heterocycles. The Balaban J connectivity index is 2.89. The van der Waals surface area contributed by atoms with Crippen LogP contribution < -0.4 is 0 Å². The van der Waals surface area contributed by atoms with E-state index < -0.39 is 5.60 Å². The van der Waals surface area contributed by atoms with Crippen molar-refractivity contribution in [3.05, 3.63) is 29.8 Å². The average molecular weight is 382 g/mol. The van der Waals surface area contributed by atoms with Crippen LogP contribution in [0.15, 0.2) is 24.3 Å². The molecule has 1 aliphatic rings. The van der Waals surface area contributed by atoms with Crippen molar-refractivity contribution in [3.63, 3.8) is 0 Å². The number of benzene rings is 1. The standard InChI is InChI=1S/C16H35B10NO2/c1-27(2)7-10(8-3-5-9(28)6-4-8)11(29)12(17,18)14(21,22)16(25,26)15(23,24)13(11,19)20/h3-6,10,28-29H,7,17-26H2,1-2H3. The maximum Gasteiger partial charge on any atom is 0.115 e. The van der Waals surface area contributed by atoms with Crippen molar-refractivity contribution in [1.29, 1.82) is 0 Å². The SMILES string of the molecule is BC1(B)C(B)(B)C(B)(B)C(O)(C(CN(C)C)c2ccc(O)cc2)C(B)(B)C1(B)B. The first-order valence-corrected chi connectivity index (χ1v) is 11.0. The fourth-order valence-electron chi connectivity index (χ4n) is 6.50. The molecule has 146 valence electrons. The zero-order valence-electron chi connectivity index (χ0n) is 20.9. The van der Waals surface area contributed by atoms with E-state index in [0.717, 1.165) is 12.1 Å². The summed E-state index contributed by atoms with van der Waals surface area (Å²) in [5, 5.41) is 21.8. The van der Waals surface area contributed by atoms with Crippen molar-refractivity contribution < 1.29 is 10.2 Å². The maximum absolute atomic E-state index is 13.0. The minimum Gasteiger partial charge on any atom is -0.508 e. The van der Waals surface area contributed by atoms with Gasteiger partial charge in [0.25, 0.3) is 0 Å². The molecule has 1 fully saturated rings. The van der Waals surface area contributed by atoms with Crippen molar-refractivity contribution in [2.45, 2.75) is 37.6 Å². The smallest absolute Gasteiger partial charge is 0.115 e. The van der Waals surface area contributed by atoms with Gasteiger partial charge in [-0.3, -0.25) is 0 Å². The second-order valence-electron chi connectivity index (χ2n) is 12.3. The topological polar surface area (TPSA) is 43.7 Å². The molecule has 0 heterocycles. The van der Waals surface area contributed by atoms with Crippen LogP contribution in [-0.2, 0) is 0 Å². The van der Waals surface area contributed by atoms with Gasteiger partial charge in [-0.25, -0.2) is 0 Å². The number of aliphatic hydroxyl groups is 1. The van der Waals surface area contributed by atoms with Gasteiger partial charge in [0.05, 0.1) is 52.7 Å². The van der Waals surface area contributed by atoms with Gasteiger partial charge in [0.15, 0.2) is 0 Å². The van der Waals surface area contributed by atoms with Crippen LogP contribution in [0, 0.1) is 0 Å². The summed E-state index contributed by atoms with van der Waals surface area (Å²) in [5.41, 5.74) is 0.0930. The van der Waals surface area contributed by atoms with E-state index in [1.807, 2.05) is 12.1 Å². The van der Waals surface area contributed by atoms with Crippen molar-refractivity contribution in [2.75, 3.05) is 20.6 Å². The normalized spacial score (nSPS) is 26.5. The van der Waals surface area contributed by atoms with Crippen LogP contribution in [-0.4, -0.2) is 120 Å². The molecule has 0 bridgehead atoms. The van der Waals surface area contributed by atoms with Gasteiger partial charge in [-0.1, -0.05) is 33.0 Å². The van der Waals surface area contributed by atoms with Gasteiger partial charge in [-0.2, -0.15) is 0 Å². The summed E-state index contributed by atoms with van der Waals surface area (Å²) in [6.07, 6.45) is 0. The van der Waals surface area contributed by atoms with Gasteiger partial charge in [0, 0.05) is 12.5 Å². The number of rotatable bonds is 4. The zero-order chi connectivity index (χ0) is 22.8. The van der Waals surface area contributed by atoms with E-state index in [2.05, 4.69) is 97.5 Å². The van der Waals surface area contributed by atoms with E-state index in [1.54, 1.807) is 12.1 Å². The molecule has 1 atom stereocenters. The van der Waals surface area contributed by atoms with E-state index in [-0.39, 0.29) is 37.7 Å². The van der Waals surface area contributed by atoms with Gasteiger partial charge in [0.1, 0.15) is 37.1 Å². The number of likely N-dealkylation sites (N-methyl/N-ethyl adjacent to an activating group) is 1. The van der Waals surface area contributed by atoms with Gasteiger partial charge < -0.3 is 15.1 Å². The lowest BCUT2D eigenvalue weighted by Crippen LogP contribution is -2.74. The van der Waals surface area contributed by atoms with E-state index in [4.69, 9.17) is 0 Å². The maximum atomic E-state index is 13.0. The first-order valence-electron chi connectivity index (χ1n) is 11.0. The zero-order valence-corrected chi connectivity index (χ0v) is 20.9. The summed E-state index contributed by atoms with van der Waals surface area (Å²) >= 11 is 0. The molecule has 0 aromatic heterocycles. The van der Waals surface area contributed by atoms with Crippen LogP contribution in [0.5, 0.6) is 5.75 Å². The first-order chi connectivity index (χ1) is 12.8. The van der Waals surface area contributed by atoms with E-state index in [0.29, 0.717) is 0 Å². The van der Waals surface area contributed by atoms with Crippen LogP contribution in [0.1, 0.15) is 11.5 Å². The van der Waals surface area contributed by atoms with Crippen molar-refractivity contribution in [3.8, 4) is 5.75 Å². The highest BCUT2D eigenvalue weighted by molar-refractivity contribution is 6.70. The lowest BCUT2D eigenvalue weighted by atomic mass is 8.99. The molecule has 29 heavy (non-hydrogen) atoms. The summed E-state index contributed by atoms with van der Waals surface area (Å²) in [7, 11) is 27.2. The van der Waals surface area contributed by atoms with Crippen LogP contribution in [0.25, 0.3) is 0 Å². The van der Waals surface area contributed by atoms with Crippen LogP contribution in [0.4, 0.5) is 0 Å².